The van der Waals surface area contributed by atoms with Crippen LogP contribution >= 0.6 is 11.8 Å². The highest BCUT2D eigenvalue weighted by Crippen LogP contribution is 2.33. The molecular formula is C22H20N8O2S. The molecule has 0 aliphatic heterocycles. The van der Waals surface area contributed by atoms with Crippen LogP contribution in [0, 0.1) is 6.92 Å². The standard InChI is InChI=1S/C22H20N8O2S/c1-14-18(21(31)30(28(14)3)17-12-8-5-9-13-17)29-22(24-26-27-29)33-15(2)19-23-20(32-25-19)16-10-6-4-7-11-16/h4-13,15H,1-3H3. The number of thioether (sulfide) groups is 1. The topological polar surface area (TPSA) is 109 Å². The summed E-state index contributed by atoms with van der Waals surface area (Å²) >= 11 is 1.35. The van der Waals surface area contributed by atoms with E-state index in [1.165, 1.54) is 16.4 Å². The quantitative estimate of drug-likeness (QED) is 0.355. The van der Waals surface area contributed by atoms with Gasteiger partial charge in [0.05, 0.1) is 16.6 Å². The summed E-state index contributed by atoms with van der Waals surface area (Å²) in [6, 6.07) is 19.0. The second-order valence-corrected chi connectivity index (χ2v) is 8.68. The van der Waals surface area contributed by atoms with Gasteiger partial charge in [0.2, 0.25) is 5.16 Å². The molecular weight excluding hydrogens is 440 g/mol. The van der Waals surface area contributed by atoms with E-state index in [-0.39, 0.29) is 10.8 Å². The van der Waals surface area contributed by atoms with E-state index in [0.29, 0.717) is 22.6 Å². The van der Waals surface area contributed by atoms with Gasteiger partial charge in [0, 0.05) is 12.6 Å². The molecule has 0 bridgehead atoms. The fourth-order valence-corrected chi connectivity index (χ4v) is 4.33. The molecule has 0 aliphatic carbocycles. The Balaban J connectivity index is 1.47. The molecule has 5 aromatic rings. The summed E-state index contributed by atoms with van der Waals surface area (Å²) in [4.78, 5) is 17.9. The molecule has 5 rings (SSSR count). The number of rotatable bonds is 6. The molecule has 0 aliphatic rings. The summed E-state index contributed by atoms with van der Waals surface area (Å²) < 4.78 is 10.3. The number of nitrogens with zero attached hydrogens (tertiary/aromatic N) is 8. The monoisotopic (exact) mass is 460 g/mol. The highest BCUT2D eigenvalue weighted by Gasteiger charge is 2.24. The second-order valence-electron chi connectivity index (χ2n) is 7.37. The first-order chi connectivity index (χ1) is 16.0. The molecule has 0 amide bonds. The molecule has 11 heteroatoms. The van der Waals surface area contributed by atoms with E-state index in [1.54, 1.807) is 9.36 Å². The zero-order valence-corrected chi connectivity index (χ0v) is 19.0. The average Bonchev–Trinajstić information content (AvgIpc) is 3.55. The third kappa shape index (κ3) is 3.76. The van der Waals surface area contributed by atoms with Crippen molar-refractivity contribution >= 4 is 11.8 Å². The molecule has 0 fully saturated rings. The average molecular weight is 461 g/mol. The minimum Gasteiger partial charge on any atom is -0.334 e. The van der Waals surface area contributed by atoms with Crippen LogP contribution in [0.5, 0.6) is 0 Å². The van der Waals surface area contributed by atoms with Crippen molar-refractivity contribution < 1.29 is 4.52 Å². The van der Waals surface area contributed by atoms with E-state index < -0.39 is 0 Å². The molecule has 0 N–H and O–H groups in total. The van der Waals surface area contributed by atoms with Gasteiger partial charge in [-0.25, -0.2) is 4.68 Å². The summed E-state index contributed by atoms with van der Waals surface area (Å²) in [7, 11) is 1.83. The molecule has 2 aromatic carbocycles. The zero-order chi connectivity index (χ0) is 22.9. The van der Waals surface area contributed by atoms with Crippen molar-refractivity contribution in [2.75, 3.05) is 0 Å². The largest absolute Gasteiger partial charge is 0.334 e. The highest BCUT2D eigenvalue weighted by molar-refractivity contribution is 7.99. The Kier molecular flexibility index (Phi) is 5.38. The maximum absolute atomic E-state index is 13.4. The number of hydrogen-bond acceptors (Lipinski definition) is 8. The van der Waals surface area contributed by atoms with Crippen LogP contribution < -0.4 is 5.56 Å². The van der Waals surface area contributed by atoms with Gasteiger partial charge in [-0.05, 0) is 48.5 Å². The maximum Gasteiger partial charge on any atom is 0.297 e. The second kappa shape index (κ2) is 8.51. The van der Waals surface area contributed by atoms with Gasteiger partial charge in [-0.3, -0.25) is 9.48 Å². The van der Waals surface area contributed by atoms with E-state index in [4.69, 9.17) is 4.52 Å². The lowest BCUT2D eigenvalue weighted by atomic mass is 10.2. The number of tetrazole rings is 1. The number of aromatic nitrogens is 8. The molecule has 0 spiro atoms. The van der Waals surface area contributed by atoms with Gasteiger partial charge in [0.15, 0.2) is 11.5 Å². The molecule has 33 heavy (non-hydrogen) atoms. The predicted octanol–water partition coefficient (Wildman–Crippen LogP) is 3.36. The van der Waals surface area contributed by atoms with Crippen molar-refractivity contribution in [1.29, 1.82) is 0 Å². The van der Waals surface area contributed by atoms with Crippen LogP contribution in [0.15, 0.2) is 75.1 Å². The van der Waals surface area contributed by atoms with E-state index >= 15 is 0 Å². The van der Waals surface area contributed by atoms with E-state index in [1.807, 2.05) is 81.6 Å². The lowest BCUT2D eigenvalue weighted by Gasteiger charge is -2.07. The molecule has 1 atom stereocenters. The van der Waals surface area contributed by atoms with Gasteiger partial charge in [0.25, 0.3) is 11.4 Å². The van der Waals surface area contributed by atoms with Gasteiger partial charge in [-0.2, -0.15) is 9.67 Å². The Hall–Kier alpha value is -3.99. The van der Waals surface area contributed by atoms with E-state index in [2.05, 4.69) is 25.7 Å². The maximum atomic E-state index is 13.4. The lowest BCUT2D eigenvalue weighted by Crippen LogP contribution is -2.22. The molecule has 3 aromatic heterocycles. The smallest absolute Gasteiger partial charge is 0.297 e. The number of para-hydroxylation sites is 1. The van der Waals surface area contributed by atoms with Crippen molar-refractivity contribution in [3.8, 4) is 22.8 Å². The predicted molar refractivity (Wildman–Crippen MR) is 122 cm³/mol. The van der Waals surface area contributed by atoms with Crippen LogP contribution in [-0.4, -0.2) is 39.7 Å². The molecule has 3 heterocycles. The highest BCUT2D eigenvalue weighted by atomic mass is 32.2. The molecule has 0 saturated carbocycles. The van der Waals surface area contributed by atoms with E-state index in [9.17, 15) is 4.79 Å². The van der Waals surface area contributed by atoms with Crippen molar-refractivity contribution in [2.24, 2.45) is 7.05 Å². The molecule has 0 radical (unpaired) electrons. The van der Waals surface area contributed by atoms with Crippen LogP contribution in [-0.2, 0) is 7.05 Å². The minimum atomic E-state index is -0.214. The van der Waals surface area contributed by atoms with Crippen LogP contribution in [0.25, 0.3) is 22.8 Å². The molecule has 166 valence electrons. The first-order valence-corrected chi connectivity index (χ1v) is 11.1. The van der Waals surface area contributed by atoms with E-state index in [0.717, 1.165) is 16.9 Å². The fourth-order valence-electron chi connectivity index (χ4n) is 3.50. The van der Waals surface area contributed by atoms with Gasteiger partial charge in [-0.15, -0.1) is 5.10 Å². The summed E-state index contributed by atoms with van der Waals surface area (Å²) in [5, 5.41) is 16.4. The Morgan fingerprint density at radius 2 is 1.73 bits per heavy atom. The Labute approximate surface area is 192 Å². The zero-order valence-electron chi connectivity index (χ0n) is 18.2. The van der Waals surface area contributed by atoms with Gasteiger partial charge in [-0.1, -0.05) is 53.3 Å². The molecule has 1 unspecified atom stereocenters. The minimum absolute atomic E-state index is 0.212. The number of benzene rings is 2. The Morgan fingerprint density at radius 1 is 1.03 bits per heavy atom. The van der Waals surface area contributed by atoms with Crippen molar-refractivity contribution in [3.63, 3.8) is 0 Å². The molecule has 10 nitrogen and oxygen atoms in total. The summed E-state index contributed by atoms with van der Waals surface area (Å²) in [5.41, 5.74) is 2.51. The van der Waals surface area contributed by atoms with Crippen molar-refractivity contribution in [3.05, 3.63) is 82.5 Å². The normalized spacial score (nSPS) is 12.2. The van der Waals surface area contributed by atoms with Gasteiger partial charge in [0.1, 0.15) is 0 Å². The van der Waals surface area contributed by atoms with Gasteiger partial charge < -0.3 is 4.52 Å². The van der Waals surface area contributed by atoms with Crippen LogP contribution in [0.1, 0.15) is 23.7 Å². The summed E-state index contributed by atoms with van der Waals surface area (Å²) in [6.07, 6.45) is 0. The van der Waals surface area contributed by atoms with Crippen molar-refractivity contribution in [1.82, 2.24) is 39.7 Å². The van der Waals surface area contributed by atoms with Crippen LogP contribution in [0.3, 0.4) is 0 Å². The van der Waals surface area contributed by atoms with Crippen molar-refractivity contribution in [2.45, 2.75) is 24.3 Å². The summed E-state index contributed by atoms with van der Waals surface area (Å²) in [5.74, 6) is 0.960. The molecule has 0 saturated heterocycles. The first-order valence-electron chi connectivity index (χ1n) is 10.2. The fraction of sp³-hybridized carbons (Fsp3) is 0.182. The Morgan fingerprint density at radius 3 is 2.45 bits per heavy atom. The summed E-state index contributed by atoms with van der Waals surface area (Å²) in [6.45, 7) is 3.80. The lowest BCUT2D eigenvalue weighted by molar-refractivity contribution is 0.423. The van der Waals surface area contributed by atoms with Crippen LogP contribution in [0.4, 0.5) is 0 Å². The first kappa shape index (κ1) is 20.9. The third-order valence-corrected chi connectivity index (χ3v) is 6.31. The SMILES string of the molecule is Cc1c(-n2nnnc2SC(C)c2noc(-c3ccccc3)n2)c(=O)n(-c2ccccc2)n1C. The van der Waals surface area contributed by atoms with Gasteiger partial charge >= 0.3 is 0 Å². The third-order valence-electron chi connectivity index (χ3n) is 5.28. The Bertz CT molecular complexity index is 1450. The van der Waals surface area contributed by atoms with Crippen LogP contribution in [0.2, 0.25) is 0 Å². The number of hydrogen-bond donors (Lipinski definition) is 0.